The van der Waals surface area contributed by atoms with Gasteiger partial charge in [-0.3, -0.25) is 9.69 Å². The van der Waals surface area contributed by atoms with E-state index in [0.29, 0.717) is 5.92 Å². The van der Waals surface area contributed by atoms with Crippen LogP contribution in [0.3, 0.4) is 0 Å². The van der Waals surface area contributed by atoms with Gasteiger partial charge in [-0.25, -0.2) is 0 Å². The van der Waals surface area contributed by atoms with Crippen molar-refractivity contribution >= 4 is 5.91 Å². The Morgan fingerprint density at radius 1 is 1.00 bits per heavy atom. The summed E-state index contributed by atoms with van der Waals surface area (Å²) >= 11 is 0. The van der Waals surface area contributed by atoms with Crippen LogP contribution in [0, 0.1) is 11.8 Å². The lowest BCUT2D eigenvalue weighted by Gasteiger charge is -2.32. The molecule has 1 aromatic carbocycles. The molecule has 1 N–H and O–H groups in total. The van der Waals surface area contributed by atoms with Gasteiger partial charge in [0, 0.05) is 19.5 Å². The SMILES string of the molecule is O=C(CCC1CCCC1)NCC1CCN(Cc2ccccc2)CC1. The Bertz CT molecular complexity index is 488. The summed E-state index contributed by atoms with van der Waals surface area (Å²) < 4.78 is 0. The predicted octanol–water partition coefficient (Wildman–Crippen LogP) is 3.99. The number of likely N-dealkylation sites (tertiary alicyclic amines) is 1. The summed E-state index contributed by atoms with van der Waals surface area (Å²) in [5.74, 6) is 1.75. The van der Waals surface area contributed by atoms with Gasteiger partial charge in [-0.15, -0.1) is 0 Å². The van der Waals surface area contributed by atoms with Gasteiger partial charge in [0.15, 0.2) is 0 Å². The van der Waals surface area contributed by atoms with Gasteiger partial charge in [0.05, 0.1) is 0 Å². The molecule has 0 spiro atoms. The second kappa shape index (κ2) is 9.22. The number of carbonyl (C=O) groups is 1. The Kier molecular flexibility index (Phi) is 6.71. The van der Waals surface area contributed by atoms with E-state index in [0.717, 1.165) is 44.9 Å². The first-order valence-electron chi connectivity index (χ1n) is 9.82. The maximum absolute atomic E-state index is 12.0. The number of benzene rings is 1. The fraction of sp³-hybridized carbons (Fsp3) is 0.667. The Balaban J connectivity index is 1.28. The Morgan fingerprint density at radius 2 is 1.71 bits per heavy atom. The minimum atomic E-state index is 0.272. The van der Waals surface area contributed by atoms with Crippen molar-refractivity contribution in [1.82, 2.24) is 10.2 Å². The van der Waals surface area contributed by atoms with E-state index in [9.17, 15) is 4.79 Å². The van der Waals surface area contributed by atoms with Gasteiger partial charge in [-0.2, -0.15) is 0 Å². The maximum Gasteiger partial charge on any atom is 0.220 e. The van der Waals surface area contributed by atoms with Crippen molar-refractivity contribution in [2.24, 2.45) is 11.8 Å². The van der Waals surface area contributed by atoms with E-state index in [-0.39, 0.29) is 5.91 Å². The van der Waals surface area contributed by atoms with Crippen LogP contribution in [0.4, 0.5) is 0 Å². The molecule has 0 radical (unpaired) electrons. The average Bonchev–Trinajstić information content (AvgIpc) is 3.14. The summed E-state index contributed by atoms with van der Waals surface area (Å²) in [6, 6.07) is 10.7. The van der Waals surface area contributed by atoms with Crippen LogP contribution in [-0.2, 0) is 11.3 Å². The molecule has 0 atom stereocenters. The third-order valence-electron chi connectivity index (χ3n) is 5.80. The van der Waals surface area contributed by atoms with E-state index in [1.165, 1.54) is 44.1 Å². The van der Waals surface area contributed by atoms with Crippen LogP contribution in [0.25, 0.3) is 0 Å². The van der Waals surface area contributed by atoms with Crippen LogP contribution in [0.15, 0.2) is 30.3 Å². The van der Waals surface area contributed by atoms with E-state index in [1.54, 1.807) is 0 Å². The molecule has 1 aromatic rings. The minimum absolute atomic E-state index is 0.272. The zero-order valence-electron chi connectivity index (χ0n) is 14.9. The number of nitrogens with zero attached hydrogens (tertiary/aromatic N) is 1. The van der Waals surface area contributed by atoms with Crippen LogP contribution in [-0.4, -0.2) is 30.4 Å². The van der Waals surface area contributed by atoms with Crippen molar-refractivity contribution in [2.75, 3.05) is 19.6 Å². The molecule has 2 fully saturated rings. The zero-order chi connectivity index (χ0) is 16.6. The first-order valence-corrected chi connectivity index (χ1v) is 9.82. The van der Waals surface area contributed by atoms with Gasteiger partial charge < -0.3 is 5.32 Å². The third-order valence-corrected chi connectivity index (χ3v) is 5.80. The molecule has 1 aliphatic carbocycles. The monoisotopic (exact) mass is 328 g/mol. The molecular formula is C21H32N2O. The first-order chi connectivity index (χ1) is 11.8. The lowest BCUT2D eigenvalue weighted by Crippen LogP contribution is -2.38. The summed E-state index contributed by atoms with van der Waals surface area (Å²) in [5, 5.41) is 3.18. The quantitative estimate of drug-likeness (QED) is 0.821. The second-order valence-corrected chi connectivity index (χ2v) is 7.70. The van der Waals surface area contributed by atoms with E-state index in [2.05, 4.69) is 40.5 Å². The molecule has 1 saturated heterocycles. The molecule has 1 saturated carbocycles. The number of hydrogen-bond donors (Lipinski definition) is 1. The standard InChI is InChI=1S/C21H32N2O/c24-21(11-10-18-6-4-5-7-18)22-16-19-12-14-23(15-13-19)17-20-8-2-1-3-9-20/h1-3,8-9,18-19H,4-7,10-17H2,(H,22,24). The van der Waals surface area contributed by atoms with Crippen LogP contribution >= 0.6 is 0 Å². The molecule has 3 rings (SSSR count). The molecule has 132 valence electrons. The molecule has 3 nitrogen and oxygen atoms in total. The minimum Gasteiger partial charge on any atom is -0.356 e. The highest BCUT2D eigenvalue weighted by molar-refractivity contribution is 5.75. The summed E-state index contributed by atoms with van der Waals surface area (Å²) in [6.45, 7) is 4.24. The first kappa shape index (κ1) is 17.5. The summed E-state index contributed by atoms with van der Waals surface area (Å²) in [7, 11) is 0. The number of amides is 1. The van der Waals surface area contributed by atoms with E-state index in [4.69, 9.17) is 0 Å². The number of rotatable bonds is 7. The van der Waals surface area contributed by atoms with Crippen molar-refractivity contribution in [1.29, 1.82) is 0 Å². The van der Waals surface area contributed by atoms with Crippen molar-refractivity contribution < 1.29 is 4.79 Å². The van der Waals surface area contributed by atoms with E-state index < -0.39 is 0 Å². The molecule has 1 aliphatic heterocycles. The van der Waals surface area contributed by atoms with Crippen LogP contribution < -0.4 is 5.32 Å². The second-order valence-electron chi connectivity index (χ2n) is 7.70. The van der Waals surface area contributed by atoms with Crippen LogP contribution in [0.5, 0.6) is 0 Å². The number of nitrogens with one attached hydrogen (secondary N) is 1. The summed E-state index contributed by atoms with van der Waals surface area (Å²) in [5.41, 5.74) is 1.40. The normalized spacial score (nSPS) is 20.3. The van der Waals surface area contributed by atoms with Crippen LogP contribution in [0.2, 0.25) is 0 Å². The molecule has 2 aliphatic rings. The fourth-order valence-corrected chi connectivity index (χ4v) is 4.17. The largest absolute Gasteiger partial charge is 0.356 e. The zero-order valence-corrected chi connectivity index (χ0v) is 14.9. The van der Waals surface area contributed by atoms with Crippen molar-refractivity contribution in [3.63, 3.8) is 0 Å². The van der Waals surface area contributed by atoms with E-state index >= 15 is 0 Å². The van der Waals surface area contributed by atoms with Gasteiger partial charge in [-0.1, -0.05) is 56.0 Å². The van der Waals surface area contributed by atoms with Gasteiger partial charge >= 0.3 is 0 Å². The van der Waals surface area contributed by atoms with Gasteiger partial charge in [-0.05, 0) is 49.8 Å². The molecule has 1 heterocycles. The number of hydrogen-bond acceptors (Lipinski definition) is 2. The van der Waals surface area contributed by atoms with Crippen molar-refractivity contribution in [3.8, 4) is 0 Å². The van der Waals surface area contributed by atoms with Gasteiger partial charge in [0.25, 0.3) is 0 Å². The van der Waals surface area contributed by atoms with Gasteiger partial charge in [0.1, 0.15) is 0 Å². The number of carbonyl (C=O) groups excluding carboxylic acids is 1. The highest BCUT2D eigenvalue weighted by atomic mass is 16.1. The maximum atomic E-state index is 12.0. The van der Waals surface area contributed by atoms with Crippen LogP contribution in [0.1, 0.15) is 56.9 Å². The Labute approximate surface area is 146 Å². The Hall–Kier alpha value is -1.35. The lowest BCUT2D eigenvalue weighted by atomic mass is 9.96. The molecule has 0 aromatic heterocycles. The highest BCUT2D eigenvalue weighted by Crippen LogP contribution is 2.28. The summed E-state index contributed by atoms with van der Waals surface area (Å²) in [4.78, 5) is 14.6. The lowest BCUT2D eigenvalue weighted by molar-refractivity contribution is -0.121. The summed E-state index contributed by atoms with van der Waals surface area (Å²) in [6.07, 6.45) is 9.66. The molecule has 24 heavy (non-hydrogen) atoms. The fourth-order valence-electron chi connectivity index (χ4n) is 4.17. The predicted molar refractivity (Wildman–Crippen MR) is 98.6 cm³/mol. The molecule has 0 unspecified atom stereocenters. The Morgan fingerprint density at radius 3 is 2.42 bits per heavy atom. The average molecular weight is 329 g/mol. The molecule has 0 bridgehead atoms. The number of piperidine rings is 1. The van der Waals surface area contributed by atoms with Crippen molar-refractivity contribution in [3.05, 3.63) is 35.9 Å². The van der Waals surface area contributed by atoms with E-state index in [1.807, 2.05) is 0 Å². The molecule has 3 heteroatoms. The van der Waals surface area contributed by atoms with Gasteiger partial charge in [0.2, 0.25) is 5.91 Å². The molecular weight excluding hydrogens is 296 g/mol. The smallest absolute Gasteiger partial charge is 0.220 e. The topological polar surface area (TPSA) is 32.3 Å². The van der Waals surface area contributed by atoms with Crippen molar-refractivity contribution in [2.45, 2.75) is 57.9 Å². The highest BCUT2D eigenvalue weighted by Gasteiger charge is 2.20. The molecule has 1 amide bonds. The third kappa shape index (κ3) is 5.62.